The first kappa shape index (κ1) is 11.7. The molecule has 4 heteroatoms. The van der Waals surface area contributed by atoms with Gasteiger partial charge in [-0.25, -0.2) is 0 Å². The molecule has 0 spiro atoms. The van der Waals surface area contributed by atoms with Gasteiger partial charge in [-0.15, -0.1) is 0 Å². The van der Waals surface area contributed by atoms with Crippen molar-refractivity contribution >= 4 is 17.8 Å². The molecule has 0 aliphatic rings. The fourth-order valence-electron chi connectivity index (χ4n) is 1.97. The van der Waals surface area contributed by atoms with Crippen molar-refractivity contribution in [2.24, 2.45) is 5.16 Å². The summed E-state index contributed by atoms with van der Waals surface area (Å²) in [6, 6.07) is 9.61. The Morgan fingerprint density at radius 2 is 1.88 bits per heavy atom. The SMILES string of the molecule is Cc1cc(C=NO)c(C)n1-c1ccc(Cl)cc1. The Morgan fingerprint density at radius 1 is 1.24 bits per heavy atom. The summed E-state index contributed by atoms with van der Waals surface area (Å²) >= 11 is 5.87. The third-order valence-electron chi connectivity index (χ3n) is 2.75. The van der Waals surface area contributed by atoms with E-state index < -0.39 is 0 Å². The average molecular weight is 249 g/mol. The summed E-state index contributed by atoms with van der Waals surface area (Å²) in [5.74, 6) is 0. The van der Waals surface area contributed by atoms with Crippen molar-refractivity contribution in [2.75, 3.05) is 0 Å². The standard InChI is InChI=1S/C13H13ClN2O/c1-9-7-11(8-15-17)10(2)16(9)13-5-3-12(14)4-6-13/h3-8,17H,1-2H3. The average Bonchev–Trinajstić information content (AvgIpc) is 2.57. The molecule has 1 N–H and O–H groups in total. The van der Waals surface area contributed by atoms with Gasteiger partial charge in [-0.3, -0.25) is 0 Å². The van der Waals surface area contributed by atoms with Gasteiger partial charge >= 0.3 is 0 Å². The molecule has 17 heavy (non-hydrogen) atoms. The van der Waals surface area contributed by atoms with Crippen molar-refractivity contribution in [2.45, 2.75) is 13.8 Å². The van der Waals surface area contributed by atoms with Gasteiger partial charge in [0.2, 0.25) is 0 Å². The Labute approximate surface area is 105 Å². The summed E-state index contributed by atoms with van der Waals surface area (Å²) in [7, 11) is 0. The van der Waals surface area contributed by atoms with E-state index in [-0.39, 0.29) is 0 Å². The number of aryl methyl sites for hydroxylation is 1. The van der Waals surface area contributed by atoms with Gasteiger partial charge in [0.25, 0.3) is 0 Å². The van der Waals surface area contributed by atoms with Crippen LogP contribution in [-0.2, 0) is 0 Å². The molecular weight excluding hydrogens is 236 g/mol. The van der Waals surface area contributed by atoms with Crippen LogP contribution in [0.15, 0.2) is 35.5 Å². The minimum Gasteiger partial charge on any atom is -0.411 e. The van der Waals surface area contributed by atoms with E-state index in [1.165, 1.54) is 6.21 Å². The topological polar surface area (TPSA) is 37.5 Å². The quantitative estimate of drug-likeness (QED) is 0.493. The van der Waals surface area contributed by atoms with Crippen LogP contribution in [0.3, 0.4) is 0 Å². The van der Waals surface area contributed by atoms with Gasteiger partial charge in [0, 0.05) is 27.7 Å². The predicted octanol–water partition coefficient (Wildman–Crippen LogP) is 3.56. The molecule has 0 atom stereocenters. The summed E-state index contributed by atoms with van der Waals surface area (Å²) in [6.45, 7) is 3.99. The van der Waals surface area contributed by atoms with Gasteiger partial charge in [-0.2, -0.15) is 0 Å². The van der Waals surface area contributed by atoms with E-state index in [4.69, 9.17) is 16.8 Å². The highest BCUT2D eigenvalue weighted by Gasteiger charge is 2.09. The molecule has 0 fully saturated rings. The van der Waals surface area contributed by atoms with Gasteiger partial charge < -0.3 is 9.77 Å². The lowest BCUT2D eigenvalue weighted by Gasteiger charge is -2.09. The lowest BCUT2D eigenvalue weighted by atomic mass is 10.2. The van der Waals surface area contributed by atoms with E-state index >= 15 is 0 Å². The fourth-order valence-corrected chi connectivity index (χ4v) is 2.09. The van der Waals surface area contributed by atoms with Gasteiger partial charge in [-0.1, -0.05) is 16.8 Å². The first-order chi connectivity index (χ1) is 8.13. The maximum atomic E-state index is 8.59. The van der Waals surface area contributed by atoms with E-state index in [9.17, 15) is 0 Å². The van der Waals surface area contributed by atoms with Crippen molar-refractivity contribution in [1.29, 1.82) is 0 Å². The Hall–Kier alpha value is -1.74. The number of aromatic nitrogens is 1. The van der Waals surface area contributed by atoms with Gasteiger partial charge in [0.15, 0.2) is 0 Å². The molecule has 0 amide bonds. The molecule has 2 aromatic rings. The van der Waals surface area contributed by atoms with E-state index in [0.29, 0.717) is 5.02 Å². The Kier molecular flexibility index (Phi) is 3.20. The zero-order valence-electron chi connectivity index (χ0n) is 9.68. The number of halogens is 1. The predicted molar refractivity (Wildman–Crippen MR) is 69.6 cm³/mol. The third-order valence-corrected chi connectivity index (χ3v) is 3.00. The molecule has 88 valence electrons. The van der Waals surface area contributed by atoms with Crippen LogP contribution >= 0.6 is 11.6 Å². The molecule has 0 aliphatic heterocycles. The Balaban J connectivity index is 2.55. The van der Waals surface area contributed by atoms with E-state index in [1.807, 2.05) is 44.2 Å². The van der Waals surface area contributed by atoms with Crippen molar-refractivity contribution in [3.05, 3.63) is 52.3 Å². The van der Waals surface area contributed by atoms with E-state index in [1.54, 1.807) is 0 Å². The summed E-state index contributed by atoms with van der Waals surface area (Å²) in [6.07, 6.45) is 1.44. The number of hydrogen-bond acceptors (Lipinski definition) is 2. The Morgan fingerprint density at radius 3 is 2.47 bits per heavy atom. The molecule has 0 radical (unpaired) electrons. The lowest BCUT2D eigenvalue weighted by molar-refractivity contribution is 0.322. The first-order valence-corrected chi connectivity index (χ1v) is 5.63. The number of hydrogen-bond donors (Lipinski definition) is 1. The summed E-state index contributed by atoms with van der Waals surface area (Å²) in [5, 5.41) is 12.4. The molecule has 2 rings (SSSR count). The number of nitrogens with zero attached hydrogens (tertiary/aromatic N) is 2. The second-order valence-electron chi connectivity index (χ2n) is 3.88. The number of oxime groups is 1. The summed E-state index contributed by atoms with van der Waals surface area (Å²) < 4.78 is 2.09. The zero-order chi connectivity index (χ0) is 12.4. The van der Waals surface area contributed by atoms with Crippen LogP contribution in [0.25, 0.3) is 5.69 Å². The highest BCUT2D eigenvalue weighted by Crippen LogP contribution is 2.21. The van der Waals surface area contributed by atoms with Crippen molar-refractivity contribution in [3.8, 4) is 5.69 Å². The van der Waals surface area contributed by atoms with Crippen LogP contribution in [0.4, 0.5) is 0 Å². The van der Waals surface area contributed by atoms with Crippen LogP contribution in [0.5, 0.6) is 0 Å². The largest absolute Gasteiger partial charge is 0.411 e. The van der Waals surface area contributed by atoms with Crippen LogP contribution in [0.2, 0.25) is 5.02 Å². The van der Waals surface area contributed by atoms with Crippen LogP contribution in [-0.4, -0.2) is 16.0 Å². The smallest absolute Gasteiger partial charge is 0.0752 e. The van der Waals surface area contributed by atoms with E-state index in [0.717, 1.165) is 22.6 Å². The third kappa shape index (κ3) is 2.19. The molecule has 1 aromatic carbocycles. The lowest BCUT2D eigenvalue weighted by Crippen LogP contribution is -1.99. The normalized spacial score (nSPS) is 11.2. The zero-order valence-corrected chi connectivity index (χ0v) is 10.4. The highest BCUT2D eigenvalue weighted by atomic mass is 35.5. The first-order valence-electron chi connectivity index (χ1n) is 5.26. The molecular formula is C13H13ClN2O. The minimum atomic E-state index is 0.716. The summed E-state index contributed by atoms with van der Waals surface area (Å²) in [4.78, 5) is 0. The Bertz CT molecular complexity index is 556. The van der Waals surface area contributed by atoms with Gasteiger partial charge in [0.05, 0.1) is 6.21 Å². The van der Waals surface area contributed by atoms with Crippen LogP contribution in [0.1, 0.15) is 17.0 Å². The molecule has 1 heterocycles. The second kappa shape index (κ2) is 4.63. The molecule has 0 saturated carbocycles. The second-order valence-corrected chi connectivity index (χ2v) is 4.32. The number of benzene rings is 1. The van der Waals surface area contributed by atoms with Gasteiger partial charge in [0.1, 0.15) is 0 Å². The molecule has 1 aromatic heterocycles. The monoisotopic (exact) mass is 248 g/mol. The highest BCUT2D eigenvalue weighted by molar-refractivity contribution is 6.30. The molecule has 0 aliphatic carbocycles. The van der Waals surface area contributed by atoms with Crippen molar-refractivity contribution in [1.82, 2.24) is 4.57 Å². The van der Waals surface area contributed by atoms with Crippen LogP contribution < -0.4 is 0 Å². The number of rotatable bonds is 2. The summed E-state index contributed by atoms with van der Waals surface area (Å²) in [5.41, 5.74) is 4.06. The molecule has 0 bridgehead atoms. The van der Waals surface area contributed by atoms with Crippen LogP contribution in [0, 0.1) is 13.8 Å². The molecule has 0 unspecified atom stereocenters. The maximum absolute atomic E-state index is 8.59. The molecule has 3 nitrogen and oxygen atoms in total. The maximum Gasteiger partial charge on any atom is 0.0752 e. The van der Waals surface area contributed by atoms with E-state index in [2.05, 4.69) is 9.72 Å². The van der Waals surface area contributed by atoms with Crippen molar-refractivity contribution in [3.63, 3.8) is 0 Å². The molecule has 0 saturated heterocycles. The van der Waals surface area contributed by atoms with Gasteiger partial charge in [-0.05, 0) is 44.2 Å². The fraction of sp³-hybridized carbons (Fsp3) is 0.154. The minimum absolute atomic E-state index is 0.716. The van der Waals surface area contributed by atoms with Crippen molar-refractivity contribution < 1.29 is 5.21 Å².